The number of carbonyl (C=O) groups excluding carboxylic acids is 1. The van der Waals surface area contributed by atoms with Crippen molar-refractivity contribution in [3.63, 3.8) is 0 Å². The van der Waals surface area contributed by atoms with Gasteiger partial charge in [0.1, 0.15) is 11.5 Å². The van der Waals surface area contributed by atoms with Crippen LogP contribution in [0.2, 0.25) is 0 Å². The second kappa shape index (κ2) is 6.19. The van der Waals surface area contributed by atoms with Gasteiger partial charge in [-0.3, -0.25) is 4.79 Å². The van der Waals surface area contributed by atoms with E-state index in [0.29, 0.717) is 17.4 Å². The zero-order chi connectivity index (χ0) is 21.4. The monoisotopic (exact) mass is 420 g/mol. The van der Waals surface area contributed by atoms with Crippen molar-refractivity contribution in [1.29, 1.82) is 0 Å². The summed E-state index contributed by atoms with van der Waals surface area (Å²) in [5, 5.41) is 11.7. The smallest absolute Gasteiger partial charge is 0.277 e. The molecule has 3 aromatic heterocycles. The van der Waals surface area contributed by atoms with E-state index in [0.717, 1.165) is 41.6 Å². The standard InChI is InChI=1S/C22H18F2N6O/c1-10-5-11(2)29-19(25-10)9-18(27-29)26-22(31)20-15-7-12-6-14(12)21(15)30(28-20)17-4-3-13(23)8-16(17)24/h3-5,8-9,12,14H,6-7H2,1-2H3,(H,26,27,31)/t12-,14-/m1/s1. The van der Waals surface area contributed by atoms with Crippen molar-refractivity contribution < 1.29 is 13.6 Å². The van der Waals surface area contributed by atoms with Gasteiger partial charge in [0.15, 0.2) is 23.0 Å². The lowest BCUT2D eigenvalue weighted by atomic mass is 10.1. The summed E-state index contributed by atoms with van der Waals surface area (Å²) in [4.78, 5) is 17.5. The van der Waals surface area contributed by atoms with Gasteiger partial charge in [0.05, 0.1) is 5.69 Å². The van der Waals surface area contributed by atoms with Crippen LogP contribution < -0.4 is 5.32 Å². The van der Waals surface area contributed by atoms with Crippen LogP contribution in [0.1, 0.15) is 45.5 Å². The number of halogens is 2. The fourth-order valence-electron chi connectivity index (χ4n) is 4.66. The van der Waals surface area contributed by atoms with E-state index in [4.69, 9.17) is 0 Å². The minimum Gasteiger partial charge on any atom is -0.304 e. The van der Waals surface area contributed by atoms with Gasteiger partial charge in [0, 0.05) is 35.0 Å². The van der Waals surface area contributed by atoms with E-state index in [1.54, 1.807) is 10.6 Å². The Bertz CT molecular complexity index is 1410. The van der Waals surface area contributed by atoms with E-state index < -0.39 is 17.5 Å². The summed E-state index contributed by atoms with van der Waals surface area (Å²) in [6.07, 6.45) is 1.73. The van der Waals surface area contributed by atoms with Crippen molar-refractivity contribution in [1.82, 2.24) is 24.4 Å². The molecule has 9 heteroatoms. The number of hydrogen-bond acceptors (Lipinski definition) is 4. The third-order valence-electron chi connectivity index (χ3n) is 6.09. The highest BCUT2D eigenvalue weighted by molar-refractivity contribution is 6.04. The van der Waals surface area contributed by atoms with Crippen LogP contribution in [0.4, 0.5) is 14.6 Å². The number of nitrogens with one attached hydrogen (secondary N) is 1. The summed E-state index contributed by atoms with van der Waals surface area (Å²) < 4.78 is 31.0. The summed E-state index contributed by atoms with van der Waals surface area (Å²) in [5.41, 5.74) is 4.48. The van der Waals surface area contributed by atoms with E-state index in [9.17, 15) is 13.6 Å². The Kier molecular flexibility index (Phi) is 3.63. The van der Waals surface area contributed by atoms with Gasteiger partial charge >= 0.3 is 0 Å². The molecule has 6 rings (SSSR count). The molecule has 1 saturated carbocycles. The second-order valence-corrected chi connectivity index (χ2v) is 8.32. The Balaban J connectivity index is 1.39. The number of rotatable bonds is 3. The molecule has 1 aromatic carbocycles. The Labute approximate surface area is 175 Å². The van der Waals surface area contributed by atoms with Crippen molar-refractivity contribution in [3.8, 4) is 5.69 Å². The topological polar surface area (TPSA) is 77.1 Å². The molecule has 2 atom stereocenters. The zero-order valence-corrected chi connectivity index (χ0v) is 16.9. The molecule has 1 fully saturated rings. The van der Waals surface area contributed by atoms with Gasteiger partial charge < -0.3 is 5.32 Å². The third-order valence-corrected chi connectivity index (χ3v) is 6.09. The lowest BCUT2D eigenvalue weighted by Crippen LogP contribution is -2.15. The van der Waals surface area contributed by atoms with Gasteiger partial charge in [-0.2, -0.15) is 5.10 Å². The van der Waals surface area contributed by atoms with Gasteiger partial charge in [-0.25, -0.2) is 23.0 Å². The number of nitrogens with zero attached hydrogens (tertiary/aromatic N) is 5. The first-order chi connectivity index (χ1) is 14.9. The summed E-state index contributed by atoms with van der Waals surface area (Å²) >= 11 is 0. The van der Waals surface area contributed by atoms with Crippen LogP contribution in [-0.4, -0.2) is 30.3 Å². The number of carbonyl (C=O) groups is 1. The van der Waals surface area contributed by atoms with E-state index >= 15 is 0 Å². The molecule has 0 aliphatic heterocycles. The highest BCUT2D eigenvalue weighted by Crippen LogP contribution is 2.57. The van der Waals surface area contributed by atoms with E-state index in [1.165, 1.54) is 16.8 Å². The van der Waals surface area contributed by atoms with Crippen LogP contribution >= 0.6 is 0 Å². The predicted molar refractivity (Wildman–Crippen MR) is 108 cm³/mol. The Morgan fingerprint density at radius 2 is 2.00 bits per heavy atom. The summed E-state index contributed by atoms with van der Waals surface area (Å²) in [7, 11) is 0. The molecule has 0 bridgehead atoms. The molecule has 2 aliphatic carbocycles. The van der Waals surface area contributed by atoms with Crippen molar-refractivity contribution in [3.05, 3.63) is 70.3 Å². The summed E-state index contributed by atoms with van der Waals surface area (Å²) in [6.45, 7) is 3.81. The molecule has 1 amide bonds. The summed E-state index contributed by atoms with van der Waals surface area (Å²) in [5.74, 6) is -0.683. The predicted octanol–water partition coefficient (Wildman–Crippen LogP) is 3.72. The number of aryl methyl sites for hydroxylation is 2. The molecule has 156 valence electrons. The first-order valence-electron chi connectivity index (χ1n) is 10.1. The molecule has 0 spiro atoms. The molecule has 0 unspecified atom stereocenters. The molecule has 1 N–H and O–H groups in total. The highest BCUT2D eigenvalue weighted by Gasteiger charge is 2.50. The molecule has 31 heavy (non-hydrogen) atoms. The molecule has 7 nitrogen and oxygen atoms in total. The average molecular weight is 420 g/mol. The molecular weight excluding hydrogens is 402 g/mol. The molecule has 4 aromatic rings. The van der Waals surface area contributed by atoms with Crippen LogP contribution in [0.15, 0.2) is 30.3 Å². The Hall–Kier alpha value is -3.62. The third kappa shape index (κ3) is 2.76. The van der Waals surface area contributed by atoms with Gasteiger partial charge in [-0.05, 0) is 50.8 Å². The minimum absolute atomic E-state index is 0.146. The van der Waals surface area contributed by atoms with Gasteiger partial charge in [0.2, 0.25) is 0 Å². The van der Waals surface area contributed by atoms with Crippen LogP contribution in [0.25, 0.3) is 11.3 Å². The number of amides is 1. The van der Waals surface area contributed by atoms with Crippen LogP contribution in [0, 0.1) is 31.4 Å². The van der Waals surface area contributed by atoms with E-state index in [-0.39, 0.29) is 17.3 Å². The molecule has 0 radical (unpaired) electrons. The average Bonchev–Trinajstić information content (AvgIpc) is 3.04. The SMILES string of the molecule is Cc1cc(C)n2nc(NC(=O)c3nn(-c4ccc(F)cc4F)c4c3C[C@H]3C[C@@H]43)cc2n1. The Morgan fingerprint density at radius 3 is 2.81 bits per heavy atom. The maximum Gasteiger partial charge on any atom is 0.277 e. The zero-order valence-electron chi connectivity index (χ0n) is 16.9. The molecule has 2 aliphatic rings. The number of fused-ring (bicyclic) bond motifs is 4. The Morgan fingerprint density at radius 1 is 1.16 bits per heavy atom. The lowest BCUT2D eigenvalue weighted by Gasteiger charge is -2.07. The summed E-state index contributed by atoms with van der Waals surface area (Å²) in [6, 6.07) is 6.99. The number of hydrogen-bond donors (Lipinski definition) is 1. The van der Waals surface area contributed by atoms with Gasteiger partial charge in [-0.1, -0.05) is 0 Å². The molecule has 3 heterocycles. The van der Waals surface area contributed by atoms with Crippen LogP contribution in [0.3, 0.4) is 0 Å². The second-order valence-electron chi connectivity index (χ2n) is 8.32. The maximum atomic E-state index is 14.5. The van der Waals surface area contributed by atoms with Crippen LogP contribution in [-0.2, 0) is 6.42 Å². The van der Waals surface area contributed by atoms with Crippen molar-refractivity contribution >= 4 is 17.4 Å². The first kappa shape index (κ1) is 18.2. The molecular formula is C22H18F2N6O. The fraction of sp³-hybridized carbons (Fsp3) is 0.273. The van der Waals surface area contributed by atoms with Crippen molar-refractivity contribution in [2.45, 2.75) is 32.6 Å². The van der Waals surface area contributed by atoms with E-state index in [2.05, 4.69) is 20.5 Å². The molecule has 0 saturated heterocycles. The van der Waals surface area contributed by atoms with E-state index in [1.807, 2.05) is 19.9 Å². The van der Waals surface area contributed by atoms with Gasteiger partial charge in [0.25, 0.3) is 5.91 Å². The van der Waals surface area contributed by atoms with Crippen molar-refractivity contribution in [2.75, 3.05) is 5.32 Å². The van der Waals surface area contributed by atoms with Crippen molar-refractivity contribution in [2.24, 2.45) is 5.92 Å². The largest absolute Gasteiger partial charge is 0.304 e. The quantitative estimate of drug-likeness (QED) is 0.548. The minimum atomic E-state index is -0.710. The lowest BCUT2D eigenvalue weighted by molar-refractivity contribution is 0.102. The first-order valence-corrected chi connectivity index (χ1v) is 10.1. The highest BCUT2D eigenvalue weighted by atomic mass is 19.1. The number of aromatic nitrogens is 5. The fourth-order valence-corrected chi connectivity index (χ4v) is 4.66. The van der Waals surface area contributed by atoms with Gasteiger partial charge in [-0.15, -0.1) is 5.10 Å². The number of anilines is 1. The van der Waals surface area contributed by atoms with Crippen LogP contribution in [0.5, 0.6) is 0 Å². The maximum absolute atomic E-state index is 14.5. The normalized spacial score (nSPS) is 18.8. The number of benzene rings is 1.